The summed E-state index contributed by atoms with van der Waals surface area (Å²) in [5.74, 6) is -1.80. The van der Waals surface area contributed by atoms with Crippen molar-refractivity contribution in [1.82, 2.24) is 0 Å². The second kappa shape index (κ2) is 6.83. The molecule has 0 aliphatic rings. The molecular formula is C16H15F2NO2. The molecule has 0 fully saturated rings. The van der Waals surface area contributed by atoms with E-state index in [-0.39, 0.29) is 5.69 Å². The predicted molar refractivity (Wildman–Crippen MR) is 76.1 cm³/mol. The summed E-state index contributed by atoms with van der Waals surface area (Å²) >= 11 is 0. The molecule has 110 valence electrons. The Morgan fingerprint density at radius 2 is 1.86 bits per heavy atom. The van der Waals surface area contributed by atoms with Crippen LogP contribution in [0.25, 0.3) is 0 Å². The van der Waals surface area contributed by atoms with E-state index in [0.29, 0.717) is 12.2 Å². The summed E-state index contributed by atoms with van der Waals surface area (Å²) in [7, 11) is 0. The molecule has 5 heteroatoms. The zero-order valence-corrected chi connectivity index (χ0v) is 11.5. The van der Waals surface area contributed by atoms with Gasteiger partial charge in [-0.15, -0.1) is 0 Å². The number of para-hydroxylation sites is 1. The molecule has 1 amide bonds. The molecule has 0 heterocycles. The van der Waals surface area contributed by atoms with Crippen molar-refractivity contribution >= 4 is 11.6 Å². The molecule has 1 unspecified atom stereocenters. The van der Waals surface area contributed by atoms with E-state index in [2.05, 4.69) is 5.32 Å². The lowest BCUT2D eigenvalue weighted by molar-refractivity contribution is -0.122. The maximum Gasteiger partial charge on any atom is 0.265 e. The number of ether oxygens (including phenoxy) is 1. The van der Waals surface area contributed by atoms with Gasteiger partial charge in [0.25, 0.3) is 5.91 Å². The number of anilines is 1. The van der Waals surface area contributed by atoms with Gasteiger partial charge in [0.15, 0.2) is 17.7 Å². The van der Waals surface area contributed by atoms with Gasteiger partial charge in [0.1, 0.15) is 5.75 Å². The van der Waals surface area contributed by atoms with Crippen molar-refractivity contribution in [3.05, 3.63) is 60.2 Å². The van der Waals surface area contributed by atoms with Gasteiger partial charge < -0.3 is 10.1 Å². The van der Waals surface area contributed by atoms with Crippen molar-refractivity contribution in [3.63, 3.8) is 0 Å². The number of nitrogens with one attached hydrogen (secondary N) is 1. The van der Waals surface area contributed by atoms with Gasteiger partial charge in [-0.05, 0) is 30.7 Å². The van der Waals surface area contributed by atoms with Crippen LogP contribution in [-0.2, 0) is 4.79 Å². The number of hydrogen-bond acceptors (Lipinski definition) is 2. The molecule has 0 bridgehead atoms. The smallest absolute Gasteiger partial charge is 0.265 e. The number of rotatable bonds is 5. The summed E-state index contributed by atoms with van der Waals surface area (Å²) in [4.78, 5) is 12.1. The largest absolute Gasteiger partial charge is 0.481 e. The van der Waals surface area contributed by atoms with E-state index in [1.54, 1.807) is 31.2 Å². The first-order valence-electron chi connectivity index (χ1n) is 6.57. The van der Waals surface area contributed by atoms with Crippen LogP contribution < -0.4 is 10.1 Å². The summed E-state index contributed by atoms with van der Waals surface area (Å²) in [6, 6.07) is 12.1. The van der Waals surface area contributed by atoms with Crippen molar-refractivity contribution < 1.29 is 18.3 Å². The molecule has 0 saturated heterocycles. The fraction of sp³-hybridized carbons (Fsp3) is 0.188. The molecule has 3 nitrogen and oxygen atoms in total. The maximum atomic E-state index is 13.1. The Kier molecular flexibility index (Phi) is 4.87. The van der Waals surface area contributed by atoms with Gasteiger partial charge >= 0.3 is 0 Å². The first-order valence-corrected chi connectivity index (χ1v) is 6.57. The van der Waals surface area contributed by atoms with E-state index < -0.39 is 23.6 Å². The lowest BCUT2D eigenvalue weighted by Gasteiger charge is -2.17. The van der Waals surface area contributed by atoms with Gasteiger partial charge in [-0.3, -0.25) is 4.79 Å². The number of benzene rings is 2. The molecule has 0 aliphatic carbocycles. The lowest BCUT2D eigenvalue weighted by atomic mass is 10.2. The Bertz CT molecular complexity index is 617. The van der Waals surface area contributed by atoms with Gasteiger partial charge in [-0.2, -0.15) is 0 Å². The zero-order chi connectivity index (χ0) is 15.2. The van der Waals surface area contributed by atoms with Gasteiger partial charge in [0.05, 0.1) is 0 Å². The highest BCUT2D eigenvalue weighted by Crippen LogP contribution is 2.16. The van der Waals surface area contributed by atoms with E-state index in [4.69, 9.17) is 4.74 Å². The molecule has 0 aromatic heterocycles. The van der Waals surface area contributed by atoms with E-state index in [1.807, 2.05) is 6.07 Å². The minimum Gasteiger partial charge on any atom is -0.481 e. The van der Waals surface area contributed by atoms with Crippen LogP contribution in [0.5, 0.6) is 5.75 Å². The van der Waals surface area contributed by atoms with Crippen molar-refractivity contribution in [2.24, 2.45) is 0 Å². The Balaban J connectivity index is 2.04. The predicted octanol–water partition coefficient (Wildman–Crippen LogP) is 3.76. The maximum absolute atomic E-state index is 13.1. The Hall–Kier alpha value is -2.43. The molecule has 2 rings (SSSR count). The normalized spacial score (nSPS) is 11.8. The monoisotopic (exact) mass is 291 g/mol. The number of halogens is 2. The Morgan fingerprint density at radius 1 is 1.14 bits per heavy atom. The van der Waals surface area contributed by atoms with Crippen LogP contribution >= 0.6 is 0 Å². The summed E-state index contributed by atoms with van der Waals surface area (Å²) in [6.45, 7) is 1.80. The number of carbonyl (C=O) groups excluding carboxylic acids is 1. The SMILES string of the molecule is CCC(Oc1ccccc1)C(=O)Nc1ccc(F)c(F)c1. The minimum atomic E-state index is -1.01. The Morgan fingerprint density at radius 3 is 2.48 bits per heavy atom. The zero-order valence-electron chi connectivity index (χ0n) is 11.5. The van der Waals surface area contributed by atoms with Crippen molar-refractivity contribution in [2.75, 3.05) is 5.32 Å². The standard InChI is InChI=1S/C16H15F2NO2/c1-2-15(21-12-6-4-3-5-7-12)16(20)19-11-8-9-13(17)14(18)10-11/h3-10,15H,2H2,1H3,(H,19,20). The van der Waals surface area contributed by atoms with E-state index in [9.17, 15) is 13.6 Å². The number of hydrogen-bond donors (Lipinski definition) is 1. The highest BCUT2D eigenvalue weighted by molar-refractivity contribution is 5.94. The van der Waals surface area contributed by atoms with Gasteiger partial charge in [-0.25, -0.2) is 8.78 Å². The van der Waals surface area contributed by atoms with Crippen LogP contribution in [0, 0.1) is 11.6 Å². The number of amides is 1. The van der Waals surface area contributed by atoms with Crippen LogP contribution in [0.2, 0.25) is 0 Å². The molecule has 0 radical (unpaired) electrons. The highest BCUT2D eigenvalue weighted by atomic mass is 19.2. The lowest BCUT2D eigenvalue weighted by Crippen LogP contribution is -2.32. The third-order valence-corrected chi connectivity index (χ3v) is 2.87. The van der Waals surface area contributed by atoms with Gasteiger partial charge in [-0.1, -0.05) is 25.1 Å². The van der Waals surface area contributed by atoms with Crippen molar-refractivity contribution in [3.8, 4) is 5.75 Å². The van der Waals surface area contributed by atoms with Gasteiger partial charge in [0.2, 0.25) is 0 Å². The summed E-state index contributed by atoms with van der Waals surface area (Å²) in [6.07, 6.45) is -0.259. The fourth-order valence-corrected chi connectivity index (χ4v) is 1.78. The van der Waals surface area contributed by atoms with Crippen LogP contribution in [0.15, 0.2) is 48.5 Å². The molecule has 1 N–H and O–H groups in total. The first-order chi connectivity index (χ1) is 10.1. The van der Waals surface area contributed by atoms with E-state index in [0.717, 1.165) is 12.1 Å². The fourth-order valence-electron chi connectivity index (χ4n) is 1.78. The van der Waals surface area contributed by atoms with Crippen LogP contribution in [0.4, 0.5) is 14.5 Å². The third kappa shape index (κ3) is 4.02. The van der Waals surface area contributed by atoms with E-state index >= 15 is 0 Å². The Labute approximate surface area is 121 Å². The molecule has 0 aliphatic heterocycles. The summed E-state index contributed by atoms with van der Waals surface area (Å²) in [5.41, 5.74) is 0.189. The molecule has 0 spiro atoms. The van der Waals surface area contributed by atoms with Crippen molar-refractivity contribution in [1.29, 1.82) is 0 Å². The van der Waals surface area contributed by atoms with Crippen LogP contribution in [0.1, 0.15) is 13.3 Å². The summed E-state index contributed by atoms with van der Waals surface area (Å²) in [5, 5.41) is 2.51. The van der Waals surface area contributed by atoms with Gasteiger partial charge in [0, 0.05) is 11.8 Å². The molecule has 0 saturated carbocycles. The molecule has 2 aromatic carbocycles. The average Bonchev–Trinajstić information content (AvgIpc) is 2.49. The topological polar surface area (TPSA) is 38.3 Å². The second-order valence-corrected chi connectivity index (χ2v) is 4.45. The number of carbonyl (C=O) groups is 1. The quantitative estimate of drug-likeness (QED) is 0.911. The minimum absolute atomic E-state index is 0.189. The van der Waals surface area contributed by atoms with Crippen molar-refractivity contribution in [2.45, 2.75) is 19.4 Å². The summed E-state index contributed by atoms with van der Waals surface area (Å²) < 4.78 is 31.5. The van der Waals surface area contributed by atoms with Crippen LogP contribution in [0.3, 0.4) is 0 Å². The first kappa shape index (κ1) is 15.0. The highest BCUT2D eigenvalue weighted by Gasteiger charge is 2.18. The second-order valence-electron chi connectivity index (χ2n) is 4.45. The molecular weight excluding hydrogens is 276 g/mol. The third-order valence-electron chi connectivity index (χ3n) is 2.87. The molecule has 1 atom stereocenters. The molecule has 2 aromatic rings. The molecule has 21 heavy (non-hydrogen) atoms. The van der Waals surface area contributed by atoms with Crippen LogP contribution in [-0.4, -0.2) is 12.0 Å². The average molecular weight is 291 g/mol. The van der Waals surface area contributed by atoms with E-state index in [1.165, 1.54) is 6.07 Å².